The van der Waals surface area contributed by atoms with Crippen molar-refractivity contribution >= 4 is 22.6 Å². The van der Waals surface area contributed by atoms with Crippen molar-refractivity contribution in [1.29, 1.82) is 0 Å². The van der Waals surface area contributed by atoms with Gasteiger partial charge in [-0.15, -0.1) is 0 Å². The van der Waals surface area contributed by atoms with Crippen molar-refractivity contribution in [2.75, 3.05) is 18.1 Å². The van der Waals surface area contributed by atoms with Crippen LogP contribution in [0.3, 0.4) is 0 Å². The van der Waals surface area contributed by atoms with Crippen LogP contribution in [0.2, 0.25) is 0 Å². The number of aromatic nitrogens is 2. The molecular weight excluding hydrogens is 434 g/mol. The van der Waals surface area contributed by atoms with Gasteiger partial charge in [-0.1, -0.05) is 47.5 Å². The van der Waals surface area contributed by atoms with Crippen molar-refractivity contribution in [3.05, 3.63) is 89.2 Å². The van der Waals surface area contributed by atoms with Crippen molar-refractivity contribution in [3.8, 4) is 5.75 Å². The van der Waals surface area contributed by atoms with E-state index in [2.05, 4.69) is 73.9 Å². The molecular formula is C30H33N3O2. The minimum Gasteiger partial charge on any atom is -0.494 e. The molecule has 2 heterocycles. The van der Waals surface area contributed by atoms with Gasteiger partial charge in [0.2, 0.25) is 5.91 Å². The van der Waals surface area contributed by atoms with Gasteiger partial charge >= 0.3 is 0 Å². The van der Waals surface area contributed by atoms with Gasteiger partial charge in [-0.2, -0.15) is 0 Å². The second kappa shape index (κ2) is 9.95. The van der Waals surface area contributed by atoms with Crippen molar-refractivity contribution < 1.29 is 9.53 Å². The Morgan fingerprint density at radius 3 is 2.51 bits per heavy atom. The SMILES string of the molecule is Cc1ccc(OCCCCn2c([C@H]3CC(=O)N(c4ccc(C)cc4C)C3)nc3ccccc32)cc1. The molecule has 5 heteroatoms. The molecule has 1 aliphatic rings. The number of imidazole rings is 1. The van der Waals surface area contributed by atoms with Crippen LogP contribution in [0.1, 0.15) is 47.7 Å². The van der Waals surface area contributed by atoms with Crippen LogP contribution in [0.25, 0.3) is 11.0 Å². The van der Waals surface area contributed by atoms with Crippen LogP contribution in [0.4, 0.5) is 5.69 Å². The molecule has 1 fully saturated rings. The smallest absolute Gasteiger partial charge is 0.227 e. The highest BCUT2D eigenvalue weighted by Gasteiger charge is 2.35. The number of ether oxygens (including phenoxy) is 1. The third-order valence-corrected chi connectivity index (χ3v) is 6.88. The first-order chi connectivity index (χ1) is 17.0. The second-order valence-electron chi connectivity index (χ2n) is 9.67. The monoisotopic (exact) mass is 467 g/mol. The molecule has 180 valence electrons. The summed E-state index contributed by atoms with van der Waals surface area (Å²) in [6, 6.07) is 22.8. The molecule has 0 spiro atoms. The molecule has 4 aromatic rings. The summed E-state index contributed by atoms with van der Waals surface area (Å²) < 4.78 is 8.24. The fourth-order valence-corrected chi connectivity index (χ4v) is 5.06. The first-order valence-electron chi connectivity index (χ1n) is 12.5. The van der Waals surface area contributed by atoms with Crippen LogP contribution in [-0.2, 0) is 11.3 Å². The Kier molecular flexibility index (Phi) is 6.58. The summed E-state index contributed by atoms with van der Waals surface area (Å²) >= 11 is 0. The number of carbonyl (C=O) groups is 1. The fourth-order valence-electron chi connectivity index (χ4n) is 5.06. The van der Waals surface area contributed by atoms with Crippen LogP contribution in [0.15, 0.2) is 66.7 Å². The molecule has 1 amide bonds. The maximum Gasteiger partial charge on any atom is 0.227 e. The number of para-hydroxylation sites is 2. The maximum absolute atomic E-state index is 13.0. The van der Waals surface area contributed by atoms with Crippen molar-refractivity contribution in [1.82, 2.24) is 9.55 Å². The minimum absolute atomic E-state index is 0.0828. The number of amides is 1. The molecule has 0 aliphatic carbocycles. The van der Waals surface area contributed by atoms with Crippen molar-refractivity contribution in [3.63, 3.8) is 0 Å². The quantitative estimate of drug-likeness (QED) is 0.284. The van der Waals surface area contributed by atoms with Crippen molar-refractivity contribution in [2.24, 2.45) is 0 Å². The first-order valence-corrected chi connectivity index (χ1v) is 12.5. The second-order valence-corrected chi connectivity index (χ2v) is 9.67. The molecule has 1 atom stereocenters. The van der Waals surface area contributed by atoms with E-state index in [0.717, 1.165) is 53.2 Å². The fraction of sp³-hybridized carbons (Fsp3) is 0.333. The van der Waals surface area contributed by atoms with Gasteiger partial charge < -0.3 is 14.2 Å². The molecule has 0 unspecified atom stereocenters. The molecule has 0 saturated carbocycles. The topological polar surface area (TPSA) is 47.4 Å². The lowest BCUT2D eigenvalue weighted by molar-refractivity contribution is -0.117. The minimum atomic E-state index is 0.0828. The number of rotatable bonds is 8. The molecule has 1 aliphatic heterocycles. The van der Waals surface area contributed by atoms with Gasteiger partial charge in [0.25, 0.3) is 0 Å². The van der Waals surface area contributed by atoms with E-state index in [0.29, 0.717) is 19.6 Å². The summed E-state index contributed by atoms with van der Waals surface area (Å²) in [5.41, 5.74) is 6.73. The van der Waals surface area contributed by atoms with Gasteiger partial charge in [-0.3, -0.25) is 4.79 Å². The predicted molar refractivity (Wildman–Crippen MR) is 141 cm³/mol. The van der Waals surface area contributed by atoms with E-state index in [1.54, 1.807) is 0 Å². The first kappa shape index (κ1) is 23.2. The molecule has 5 nitrogen and oxygen atoms in total. The molecule has 0 bridgehead atoms. The highest BCUT2D eigenvalue weighted by atomic mass is 16.5. The van der Waals surface area contributed by atoms with Gasteiger partial charge in [0.15, 0.2) is 0 Å². The zero-order chi connectivity index (χ0) is 24.4. The molecule has 5 rings (SSSR count). The number of fused-ring (bicyclic) bond motifs is 1. The largest absolute Gasteiger partial charge is 0.494 e. The molecule has 0 N–H and O–H groups in total. The van der Waals surface area contributed by atoms with Crippen LogP contribution in [0, 0.1) is 20.8 Å². The van der Waals surface area contributed by atoms with E-state index >= 15 is 0 Å². The molecule has 0 radical (unpaired) electrons. The summed E-state index contributed by atoms with van der Waals surface area (Å²) in [7, 11) is 0. The van der Waals surface area contributed by atoms with Crippen LogP contribution >= 0.6 is 0 Å². The lowest BCUT2D eigenvalue weighted by Gasteiger charge is -2.20. The van der Waals surface area contributed by atoms with Crippen molar-refractivity contribution in [2.45, 2.75) is 52.5 Å². The molecule has 1 saturated heterocycles. The Morgan fingerprint density at radius 2 is 1.71 bits per heavy atom. The summed E-state index contributed by atoms with van der Waals surface area (Å²) in [5.74, 6) is 2.19. The average molecular weight is 468 g/mol. The number of aryl methyl sites for hydroxylation is 4. The zero-order valence-corrected chi connectivity index (χ0v) is 20.8. The average Bonchev–Trinajstić information content (AvgIpc) is 3.40. The highest BCUT2D eigenvalue weighted by Crippen LogP contribution is 2.35. The lowest BCUT2D eigenvalue weighted by Crippen LogP contribution is -2.25. The number of anilines is 1. The zero-order valence-electron chi connectivity index (χ0n) is 20.8. The third kappa shape index (κ3) is 4.95. The van der Waals surface area contributed by atoms with E-state index in [4.69, 9.17) is 9.72 Å². The van der Waals surface area contributed by atoms with Crippen LogP contribution in [0.5, 0.6) is 5.75 Å². The third-order valence-electron chi connectivity index (χ3n) is 6.88. The highest BCUT2D eigenvalue weighted by molar-refractivity contribution is 5.97. The molecule has 35 heavy (non-hydrogen) atoms. The number of carbonyl (C=O) groups excluding carboxylic acids is 1. The Morgan fingerprint density at radius 1 is 0.943 bits per heavy atom. The Hall–Kier alpha value is -3.60. The van der Waals surface area contributed by atoms with E-state index in [1.165, 1.54) is 11.1 Å². The molecule has 1 aromatic heterocycles. The summed E-state index contributed by atoms with van der Waals surface area (Å²) in [6.45, 7) is 8.46. The van der Waals surface area contributed by atoms with E-state index in [9.17, 15) is 4.79 Å². The number of benzene rings is 3. The van der Waals surface area contributed by atoms with Gasteiger partial charge in [0.05, 0.1) is 17.6 Å². The summed E-state index contributed by atoms with van der Waals surface area (Å²) in [6.07, 6.45) is 2.44. The standard InChI is InChI=1S/C30H33N3O2/c1-21-10-13-25(14-11-21)35-17-7-6-16-32-28-9-5-4-8-26(28)31-30(32)24-19-29(34)33(20-24)27-15-12-22(2)18-23(27)3/h4-5,8-15,18,24H,6-7,16-17,19-20H2,1-3H3/t24-/m0/s1. The van der Waals surface area contributed by atoms with Gasteiger partial charge in [0, 0.05) is 31.1 Å². The Balaban J connectivity index is 1.30. The summed E-state index contributed by atoms with van der Waals surface area (Å²) in [4.78, 5) is 20.0. The van der Waals surface area contributed by atoms with Gasteiger partial charge in [-0.05, 0) is 69.5 Å². The maximum atomic E-state index is 13.0. The number of nitrogens with zero attached hydrogens (tertiary/aromatic N) is 3. The molecule has 3 aromatic carbocycles. The normalized spacial score (nSPS) is 15.8. The number of unbranched alkanes of at least 4 members (excludes halogenated alkanes) is 1. The van der Waals surface area contributed by atoms with Gasteiger partial charge in [-0.25, -0.2) is 4.98 Å². The Bertz CT molecular complexity index is 1340. The number of hydrogen-bond donors (Lipinski definition) is 0. The van der Waals surface area contributed by atoms with Gasteiger partial charge in [0.1, 0.15) is 11.6 Å². The van der Waals surface area contributed by atoms with E-state index in [1.807, 2.05) is 23.1 Å². The van der Waals surface area contributed by atoms with E-state index < -0.39 is 0 Å². The van der Waals surface area contributed by atoms with Crippen LogP contribution in [-0.4, -0.2) is 28.6 Å². The number of hydrogen-bond acceptors (Lipinski definition) is 3. The van der Waals surface area contributed by atoms with E-state index in [-0.39, 0.29) is 11.8 Å². The summed E-state index contributed by atoms with van der Waals surface area (Å²) in [5, 5.41) is 0. The lowest BCUT2D eigenvalue weighted by atomic mass is 10.1. The van der Waals surface area contributed by atoms with Crippen LogP contribution < -0.4 is 9.64 Å². The predicted octanol–water partition coefficient (Wildman–Crippen LogP) is 6.34. The Labute approximate surface area is 207 Å².